The Hall–Kier alpha value is -4.19. The van der Waals surface area contributed by atoms with E-state index in [-0.39, 0.29) is 84.7 Å². The van der Waals surface area contributed by atoms with Gasteiger partial charge in [0, 0.05) is 35.8 Å². The molecule has 3 aliphatic heterocycles. The van der Waals surface area contributed by atoms with E-state index >= 15 is 0 Å². The van der Waals surface area contributed by atoms with Crippen LogP contribution in [0.4, 0.5) is 16.5 Å². The molecule has 0 aliphatic carbocycles. The van der Waals surface area contributed by atoms with Crippen LogP contribution in [-0.4, -0.2) is 77.5 Å². The number of non-ortho nitro benzene ring substituents is 1. The van der Waals surface area contributed by atoms with Crippen molar-refractivity contribution in [2.45, 2.75) is 31.3 Å². The Morgan fingerprint density at radius 2 is 2.07 bits per heavy atom. The maximum absolute atomic E-state index is 13.1. The summed E-state index contributed by atoms with van der Waals surface area (Å²) in [5, 5.41) is 35.7. The zero-order valence-corrected chi connectivity index (χ0v) is 24.2. The molecule has 3 amide bonds. The smallest absolute Gasteiger partial charge is 1.00 e. The number of carbonyl (C=O) groups is 4. The molecule has 16 nitrogen and oxygen atoms in total. The zero-order valence-electron chi connectivity index (χ0n) is 22.4. The molecule has 1 aromatic carbocycles. The van der Waals surface area contributed by atoms with E-state index < -0.39 is 46.4 Å². The summed E-state index contributed by atoms with van der Waals surface area (Å²) in [5.74, 6) is -3.66. The first-order valence-electron chi connectivity index (χ1n) is 11.8. The quantitative estimate of drug-likeness (QED) is 0.0499. The zero-order chi connectivity index (χ0) is 28.7. The monoisotopic (exact) mass is 592 g/mol. The first-order valence-corrected chi connectivity index (χ1v) is 12.6. The van der Waals surface area contributed by atoms with Crippen molar-refractivity contribution in [1.29, 1.82) is 0 Å². The number of amides is 3. The van der Waals surface area contributed by atoms with Crippen LogP contribution in [0.25, 0.3) is 0 Å². The number of nitrogens with one attached hydrogen (secondary N) is 1. The van der Waals surface area contributed by atoms with E-state index in [1.165, 1.54) is 29.2 Å². The molecule has 0 unspecified atom stereocenters. The Kier molecular flexibility index (Phi) is 8.52. The van der Waals surface area contributed by atoms with Crippen LogP contribution >= 0.6 is 11.5 Å². The molecule has 5 rings (SSSR count). The van der Waals surface area contributed by atoms with E-state index in [0.717, 1.165) is 16.4 Å². The van der Waals surface area contributed by atoms with Crippen molar-refractivity contribution in [3.63, 3.8) is 0 Å². The minimum atomic E-state index is -1.38. The number of carbonyl (C=O) groups excluding carboxylic acids is 3. The number of aliphatic carboxylic acids is 1. The summed E-state index contributed by atoms with van der Waals surface area (Å²) < 4.78 is 3.80. The number of nitrogens with zero attached hydrogens (tertiary/aromatic N) is 6. The van der Waals surface area contributed by atoms with Crippen LogP contribution in [0.5, 0.6) is 0 Å². The van der Waals surface area contributed by atoms with Crippen molar-refractivity contribution in [2.24, 2.45) is 5.16 Å². The largest absolute Gasteiger partial charge is 1.00 e. The van der Waals surface area contributed by atoms with Crippen molar-refractivity contribution in [2.75, 3.05) is 17.2 Å². The number of nitrogen functional groups attached to an aromatic ring is 1. The van der Waals surface area contributed by atoms with Crippen LogP contribution in [-0.2, 0) is 19.2 Å². The van der Waals surface area contributed by atoms with E-state index in [2.05, 4.69) is 19.8 Å². The molecular formula is C23H21N8NaO8S. The number of nitro groups is 1. The standard InChI is InChI=1S/C23H20N8O8S.Na.H/c24-23-26-18(28-40-23)16(27-37)19(32)25-15-14-5-4-10(17(22(35)36)30(14)21(15)34)8-11-6-7-29(20(11)33)12-2-1-3-13(9-12)31(38)39;;/h1-3,8-9,14-15,37H,4-7H2,(H,25,32)(H,35,36)(H2,24,26,28);;/q;+1;-1/b11-8?,27-16-;;/t14-,15+;;/m0../s1. The SMILES string of the molecule is Nc1nc(/C(=N/O)C(=O)N[C@H]2C(=O)N3C(C(=O)O)=C(C=C4CCN(c5cccc([N+](=O)[O-])c5)C4=O)CC[C@@H]23)ns1.[H-].[Na+]. The van der Waals surface area contributed by atoms with Gasteiger partial charge in [0.15, 0.2) is 5.13 Å². The molecule has 1 aromatic heterocycles. The van der Waals surface area contributed by atoms with Crippen LogP contribution < -0.4 is 45.5 Å². The van der Waals surface area contributed by atoms with E-state index in [0.29, 0.717) is 11.3 Å². The molecule has 0 bridgehead atoms. The molecule has 2 saturated heterocycles. The van der Waals surface area contributed by atoms with Gasteiger partial charge in [-0.05, 0) is 37.0 Å². The fraction of sp³-hybridized carbons (Fsp3) is 0.261. The number of oxime groups is 1. The Labute approximate surface area is 258 Å². The summed E-state index contributed by atoms with van der Waals surface area (Å²) in [7, 11) is 0. The van der Waals surface area contributed by atoms with Gasteiger partial charge in [-0.1, -0.05) is 11.2 Å². The molecule has 18 heteroatoms. The van der Waals surface area contributed by atoms with E-state index in [1.54, 1.807) is 6.07 Å². The molecule has 2 aromatic rings. The average Bonchev–Trinajstić information content (AvgIpc) is 3.52. The van der Waals surface area contributed by atoms with Crippen LogP contribution in [0.3, 0.4) is 0 Å². The van der Waals surface area contributed by atoms with Gasteiger partial charge in [0.1, 0.15) is 11.7 Å². The number of anilines is 2. The first-order chi connectivity index (χ1) is 19.1. The molecule has 5 N–H and O–H groups in total. The summed E-state index contributed by atoms with van der Waals surface area (Å²) in [6.45, 7) is 0.245. The van der Waals surface area contributed by atoms with Gasteiger partial charge in [-0.2, -0.15) is 9.36 Å². The summed E-state index contributed by atoms with van der Waals surface area (Å²) in [4.78, 5) is 67.7. The van der Waals surface area contributed by atoms with Crippen LogP contribution in [0, 0.1) is 10.1 Å². The van der Waals surface area contributed by atoms with Crippen LogP contribution in [0.15, 0.2) is 52.3 Å². The number of nitro benzene ring substituents is 1. The van der Waals surface area contributed by atoms with Crippen molar-refractivity contribution in [3.05, 3.63) is 63.1 Å². The van der Waals surface area contributed by atoms with Gasteiger partial charge in [-0.15, -0.1) is 0 Å². The maximum atomic E-state index is 13.1. The Morgan fingerprint density at radius 3 is 2.71 bits per heavy atom. The number of allylic oxidation sites excluding steroid dienone is 2. The number of β-lactam (4-membered cyclic amide) rings is 1. The number of benzene rings is 1. The van der Waals surface area contributed by atoms with E-state index in [1.807, 2.05) is 0 Å². The minimum Gasteiger partial charge on any atom is -1.00 e. The molecule has 3 aliphatic rings. The van der Waals surface area contributed by atoms with Gasteiger partial charge in [0.2, 0.25) is 11.5 Å². The van der Waals surface area contributed by atoms with E-state index in [9.17, 15) is 39.6 Å². The molecule has 0 radical (unpaired) electrons. The van der Waals surface area contributed by atoms with Gasteiger partial charge in [-0.3, -0.25) is 29.4 Å². The van der Waals surface area contributed by atoms with Crippen LogP contribution in [0.1, 0.15) is 26.5 Å². The second-order valence-corrected chi connectivity index (χ2v) is 9.79. The third-order valence-corrected chi connectivity index (χ3v) is 7.30. The second-order valence-electron chi connectivity index (χ2n) is 9.00. The third-order valence-electron chi connectivity index (χ3n) is 6.76. The van der Waals surface area contributed by atoms with Crippen molar-refractivity contribution in [1.82, 2.24) is 19.6 Å². The normalized spacial score (nSPS) is 21.4. The number of hydrogen-bond acceptors (Lipinski definition) is 12. The van der Waals surface area contributed by atoms with Gasteiger partial charge in [-0.25, -0.2) is 4.79 Å². The molecule has 2 fully saturated rings. The number of carboxylic acids is 1. The van der Waals surface area contributed by atoms with Crippen molar-refractivity contribution < 1.29 is 65.4 Å². The van der Waals surface area contributed by atoms with Gasteiger partial charge in [0.25, 0.3) is 23.4 Å². The minimum absolute atomic E-state index is 0. The first kappa shape index (κ1) is 29.8. The van der Waals surface area contributed by atoms with Crippen molar-refractivity contribution >= 4 is 57.4 Å². The predicted molar refractivity (Wildman–Crippen MR) is 138 cm³/mol. The third kappa shape index (κ3) is 5.43. The molecule has 0 saturated carbocycles. The van der Waals surface area contributed by atoms with Gasteiger partial charge >= 0.3 is 35.5 Å². The fourth-order valence-electron chi connectivity index (χ4n) is 4.94. The molecule has 0 spiro atoms. The summed E-state index contributed by atoms with van der Waals surface area (Å²) in [6, 6.07) is 3.87. The predicted octanol–water partition coefficient (Wildman–Crippen LogP) is -2.49. The summed E-state index contributed by atoms with van der Waals surface area (Å²) in [6.07, 6.45) is 2.20. The topological polar surface area (TPSA) is 235 Å². The average molecular weight is 593 g/mol. The molecule has 4 heterocycles. The van der Waals surface area contributed by atoms with E-state index in [4.69, 9.17) is 5.73 Å². The Morgan fingerprint density at radius 1 is 1.32 bits per heavy atom. The number of carboxylic acid groups (broad SMARTS) is 1. The number of hydrogen-bond donors (Lipinski definition) is 4. The van der Waals surface area contributed by atoms with Crippen LogP contribution in [0.2, 0.25) is 0 Å². The molecule has 41 heavy (non-hydrogen) atoms. The number of aromatic nitrogens is 2. The number of rotatable bonds is 7. The number of fused-ring (bicyclic) bond motifs is 1. The molecular weight excluding hydrogens is 571 g/mol. The Bertz CT molecular complexity index is 1580. The molecule has 208 valence electrons. The van der Waals surface area contributed by atoms with Gasteiger partial charge < -0.3 is 27.7 Å². The summed E-state index contributed by atoms with van der Waals surface area (Å²) in [5.41, 5.74) is 5.39. The number of nitrogens with two attached hydrogens (primary N) is 1. The van der Waals surface area contributed by atoms with Gasteiger partial charge in [0.05, 0.1) is 16.7 Å². The van der Waals surface area contributed by atoms with Crippen molar-refractivity contribution in [3.8, 4) is 0 Å². The molecule has 2 atom stereocenters. The second kappa shape index (κ2) is 11.7. The fourth-order valence-corrected chi connectivity index (χ4v) is 5.38. The maximum Gasteiger partial charge on any atom is 1.00 e. The Balaban J connectivity index is 0.00000242. The summed E-state index contributed by atoms with van der Waals surface area (Å²) >= 11 is 0.779.